The SMILES string of the molecule is CN=C(NCCc1csc(N2CCCC2)n1)N1CCC(c2ccccc2)C(C)C1.I. The number of guanidine groups is 1. The number of nitrogens with one attached hydrogen (secondary N) is 1. The topological polar surface area (TPSA) is 43.8 Å². The van der Waals surface area contributed by atoms with Crippen molar-refractivity contribution in [1.29, 1.82) is 0 Å². The summed E-state index contributed by atoms with van der Waals surface area (Å²) in [6.45, 7) is 7.67. The highest BCUT2D eigenvalue weighted by molar-refractivity contribution is 14.0. The highest BCUT2D eigenvalue weighted by Crippen LogP contribution is 2.32. The van der Waals surface area contributed by atoms with Gasteiger partial charge in [-0.15, -0.1) is 35.3 Å². The molecule has 1 aromatic heterocycles. The Morgan fingerprint density at radius 2 is 1.97 bits per heavy atom. The average Bonchev–Trinajstić information content (AvgIpc) is 3.44. The molecule has 7 heteroatoms. The number of aromatic nitrogens is 1. The molecule has 164 valence electrons. The number of halogens is 1. The van der Waals surface area contributed by atoms with Crippen LogP contribution in [0.4, 0.5) is 5.13 Å². The molecule has 4 rings (SSSR count). The Balaban J connectivity index is 0.00000256. The summed E-state index contributed by atoms with van der Waals surface area (Å²) in [5, 5.41) is 6.98. The van der Waals surface area contributed by atoms with Crippen molar-refractivity contribution in [2.24, 2.45) is 10.9 Å². The van der Waals surface area contributed by atoms with Gasteiger partial charge < -0.3 is 15.1 Å². The van der Waals surface area contributed by atoms with Crippen LogP contribution in [0.1, 0.15) is 43.4 Å². The van der Waals surface area contributed by atoms with Crippen LogP contribution in [0.15, 0.2) is 40.7 Å². The maximum absolute atomic E-state index is 4.83. The summed E-state index contributed by atoms with van der Waals surface area (Å²) in [7, 11) is 1.89. The van der Waals surface area contributed by atoms with Gasteiger partial charge in [0.05, 0.1) is 5.69 Å². The third-order valence-electron chi connectivity index (χ3n) is 6.22. The number of rotatable bonds is 5. The summed E-state index contributed by atoms with van der Waals surface area (Å²) in [6, 6.07) is 11.0. The molecule has 3 heterocycles. The van der Waals surface area contributed by atoms with E-state index in [0.29, 0.717) is 11.8 Å². The summed E-state index contributed by atoms with van der Waals surface area (Å²) in [6.07, 6.45) is 4.72. The molecule has 2 fully saturated rings. The van der Waals surface area contributed by atoms with Crippen LogP contribution < -0.4 is 10.2 Å². The van der Waals surface area contributed by atoms with Crippen molar-refractivity contribution >= 4 is 46.4 Å². The van der Waals surface area contributed by atoms with Gasteiger partial charge in [-0.3, -0.25) is 4.99 Å². The van der Waals surface area contributed by atoms with E-state index in [9.17, 15) is 0 Å². The number of piperidine rings is 1. The lowest BCUT2D eigenvalue weighted by molar-refractivity contribution is 0.234. The van der Waals surface area contributed by atoms with Gasteiger partial charge in [-0.2, -0.15) is 0 Å². The van der Waals surface area contributed by atoms with E-state index in [1.807, 2.05) is 7.05 Å². The Kier molecular flexibility index (Phi) is 8.80. The van der Waals surface area contributed by atoms with Crippen molar-refractivity contribution in [2.45, 2.75) is 38.5 Å². The Morgan fingerprint density at radius 3 is 2.67 bits per heavy atom. The van der Waals surface area contributed by atoms with E-state index in [2.05, 4.69) is 62.7 Å². The Bertz CT molecular complexity index is 803. The molecule has 0 aliphatic carbocycles. The van der Waals surface area contributed by atoms with Crippen LogP contribution >= 0.6 is 35.3 Å². The first-order valence-electron chi connectivity index (χ1n) is 10.9. The third kappa shape index (κ3) is 5.66. The smallest absolute Gasteiger partial charge is 0.193 e. The molecule has 1 N–H and O–H groups in total. The summed E-state index contributed by atoms with van der Waals surface area (Å²) in [5.41, 5.74) is 2.66. The second-order valence-electron chi connectivity index (χ2n) is 8.27. The highest BCUT2D eigenvalue weighted by Gasteiger charge is 2.28. The molecule has 2 aromatic rings. The molecule has 2 unspecified atom stereocenters. The lowest BCUT2D eigenvalue weighted by atomic mass is 9.82. The van der Waals surface area contributed by atoms with E-state index in [1.165, 1.54) is 35.7 Å². The van der Waals surface area contributed by atoms with E-state index in [4.69, 9.17) is 4.98 Å². The van der Waals surface area contributed by atoms with Gasteiger partial charge in [0.2, 0.25) is 0 Å². The first kappa shape index (κ1) is 23.3. The van der Waals surface area contributed by atoms with Gasteiger partial charge in [0.15, 0.2) is 11.1 Å². The first-order chi connectivity index (χ1) is 14.2. The summed E-state index contributed by atoms with van der Waals surface area (Å²) < 4.78 is 0. The number of anilines is 1. The molecular formula is C23H34IN5S. The lowest BCUT2D eigenvalue weighted by Gasteiger charge is -2.39. The van der Waals surface area contributed by atoms with Crippen LogP contribution in [-0.2, 0) is 6.42 Å². The second kappa shape index (κ2) is 11.3. The number of aliphatic imine (C=N–C) groups is 1. The zero-order valence-corrected chi connectivity index (χ0v) is 21.2. The lowest BCUT2D eigenvalue weighted by Crippen LogP contribution is -2.48. The van der Waals surface area contributed by atoms with Crippen LogP contribution in [0.5, 0.6) is 0 Å². The van der Waals surface area contributed by atoms with Gasteiger partial charge in [-0.05, 0) is 36.7 Å². The van der Waals surface area contributed by atoms with Gasteiger partial charge in [0, 0.05) is 51.6 Å². The summed E-state index contributed by atoms with van der Waals surface area (Å²) in [5.74, 6) is 2.29. The summed E-state index contributed by atoms with van der Waals surface area (Å²) >= 11 is 1.78. The molecular weight excluding hydrogens is 505 g/mol. The molecule has 5 nitrogen and oxygen atoms in total. The first-order valence-corrected chi connectivity index (χ1v) is 11.8. The molecule has 2 aliphatic heterocycles. The number of thiazole rings is 1. The number of nitrogens with zero attached hydrogens (tertiary/aromatic N) is 4. The minimum absolute atomic E-state index is 0. The summed E-state index contributed by atoms with van der Waals surface area (Å²) in [4.78, 5) is 14.2. The standard InChI is InChI=1S/C23H33N5S.HI/c1-18-16-28(15-11-21(18)19-8-4-3-5-9-19)22(24-2)25-12-10-20-17-29-23(26-20)27-13-6-7-14-27;/h3-5,8-9,17-18,21H,6-7,10-16H2,1-2H3,(H,24,25);1H. The maximum Gasteiger partial charge on any atom is 0.193 e. The zero-order valence-electron chi connectivity index (χ0n) is 18.1. The minimum atomic E-state index is 0. The Morgan fingerprint density at radius 1 is 1.20 bits per heavy atom. The van der Waals surface area contributed by atoms with Crippen LogP contribution in [-0.4, -0.2) is 55.6 Å². The van der Waals surface area contributed by atoms with E-state index in [-0.39, 0.29) is 24.0 Å². The van der Waals surface area contributed by atoms with Crippen molar-refractivity contribution in [1.82, 2.24) is 15.2 Å². The normalized spacial score (nSPS) is 22.1. The fourth-order valence-corrected chi connectivity index (χ4v) is 5.55. The maximum atomic E-state index is 4.83. The van der Waals surface area contributed by atoms with Crippen LogP contribution in [0.3, 0.4) is 0 Å². The van der Waals surface area contributed by atoms with Gasteiger partial charge in [0.1, 0.15) is 0 Å². The van der Waals surface area contributed by atoms with Crippen molar-refractivity contribution in [3.63, 3.8) is 0 Å². The Labute approximate surface area is 202 Å². The minimum Gasteiger partial charge on any atom is -0.356 e. The second-order valence-corrected chi connectivity index (χ2v) is 9.11. The molecule has 30 heavy (non-hydrogen) atoms. The van der Waals surface area contributed by atoms with Crippen LogP contribution in [0.2, 0.25) is 0 Å². The number of hydrogen-bond acceptors (Lipinski definition) is 4. The largest absolute Gasteiger partial charge is 0.356 e. The van der Waals surface area contributed by atoms with Crippen molar-refractivity contribution in [3.8, 4) is 0 Å². The molecule has 0 amide bonds. The highest BCUT2D eigenvalue weighted by atomic mass is 127. The van der Waals surface area contributed by atoms with Crippen LogP contribution in [0.25, 0.3) is 0 Å². The average molecular weight is 540 g/mol. The van der Waals surface area contributed by atoms with Gasteiger partial charge in [0.25, 0.3) is 0 Å². The van der Waals surface area contributed by atoms with Gasteiger partial charge in [-0.1, -0.05) is 37.3 Å². The zero-order chi connectivity index (χ0) is 20.1. The molecule has 0 saturated carbocycles. The van der Waals surface area contributed by atoms with Crippen molar-refractivity contribution in [3.05, 3.63) is 47.0 Å². The van der Waals surface area contributed by atoms with Crippen molar-refractivity contribution in [2.75, 3.05) is 44.7 Å². The van der Waals surface area contributed by atoms with Crippen LogP contribution in [0, 0.1) is 5.92 Å². The Hall–Kier alpha value is -1.35. The molecule has 2 saturated heterocycles. The monoisotopic (exact) mass is 539 g/mol. The van der Waals surface area contributed by atoms with E-state index in [0.717, 1.165) is 45.1 Å². The quantitative estimate of drug-likeness (QED) is 0.343. The molecule has 2 atom stereocenters. The van der Waals surface area contributed by atoms with Gasteiger partial charge in [-0.25, -0.2) is 4.98 Å². The number of hydrogen-bond donors (Lipinski definition) is 1. The van der Waals surface area contributed by atoms with E-state index in [1.54, 1.807) is 11.3 Å². The fraction of sp³-hybridized carbons (Fsp3) is 0.565. The van der Waals surface area contributed by atoms with E-state index >= 15 is 0 Å². The number of likely N-dealkylation sites (tertiary alicyclic amines) is 1. The predicted octanol–water partition coefficient (Wildman–Crippen LogP) is 4.60. The molecule has 0 radical (unpaired) electrons. The predicted molar refractivity (Wildman–Crippen MR) is 139 cm³/mol. The molecule has 0 bridgehead atoms. The van der Waals surface area contributed by atoms with Crippen molar-refractivity contribution < 1.29 is 0 Å². The number of benzene rings is 1. The third-order valence-corrected chi connectivity index (χ3v) is 7.18. The van der Waals surface area contributed by atoms with E-state index < -0.39 is 0 Å². The molecule has 0 spiro atoms. The fourth-order valence-electron chi connectivity index (χ4n) is 4.63. The van der Waals surface area contributed by atoms with Gasteiger partial charge >= 0.3 is 0 Å². The molecule has 1 aromatic carbocycles. The molecule has 2 aliphatic rings.